The summed E-state index contributed by atoms with van der Waals surface area (Å²) in [7, 11) is -1.14. The average molecular weight is 142 g/mol. The molecule has 0 aromatic heterocycles. The first-order chi connectivity index (χ1) is 3.79. The molecule has 6 heteroatoms. The molecule has 0 aromatic carbocycles. The zero-order valence-corrected chi connectivity index (χ0v) is 4.28. The topological polar surface area (TPSA) is 58.9 Å². The molecular formula is C3H8BNaO4. The van der Waals surface area contributed by atoms with E-state index in [4.69, 9.17) is 10.1 Å². The van der Waals surface area contributed by atoms with Gasteiger partial charge in [-0.05, 0) is 0 Å². The average Bonchev–Trinajstić information content (AvgIpc) is 1.77. The van der Waals surface area contributed by atoms with Gasteiger partial charge in [-0.15, -0.1) is 0 Å². The summed E-state index contributed by atoms with van der Waals surface area (Å²) >= 11 is 0. The van der Waals surface area contributed by atoms with E-state index in [1.165, 1.54) is 0 Å². The van der Waals surface area contributed by atoms with Gasteiger partial charge in [-0.1, -0.05) is 0 Å². The van der Waals surface area contributed by atoms with Crippen LogP contribution in [0.1, 0.15) is 0 Å². The molecule has 0 unspecified atom stereocenters. The van der Waals surface area contributed by atoms with Crippen LogP contribution in [0, 0.1) is 0 Å². The third kappa shape index (κ3) is 3.57. The van der Waals surface area contributed by atoms with Crippen LogP contribution in [0.15, 0.2) is 0 Å². The molecule has 0 amide bonds. The molecule has 1 aliphatic heterocycles. The van der Waals surface area contributed by atoms with Crippen LogP contribution in [0.3, 0.4) is 0 Å². The summed E-state index contributed by atoms with van der Waals surface area (Å²) in [6.07, 6.45) is -0.585. The molecule has 1 rings (SSSR count). The van der Waals surface area contributed by atoms with Crippen molar-refractivity contribution in [3.63, 3.8) is 0 Å². The van der Waals surface area contributed by atoms with E-state index in [-0.39, 0.29) is 42.8 Å². The fourth-order valence-electron chi connectivity index (χ4n) is 0.483. The van der Waals surface area contributed by atoms with Crippen molar-refractivity contribution in [2.24, 2.45) is 0 Å². The summed E-state index contributed by atoms with van der Waals surface area (Å²) in [4.78, 5) is 0. The Bertz CT molecular complexity index is 64.2. The maximum absolute atomic E-state index is 8.67. The molecule has 0 aromatic rings. The number of rotatable bonds is 0. The van der Waals surface area contributed by atoms with Crippen molar-refractivity contribution in [2.45, 2.75) is 6.10 Å². The molecule has 0 bridgehead atoms. The minimum atomic E-state index is -1.14. The Balaban J connectivity index is 0.000000640. The van der Waals surface area contributed by atoms with E-state index in [2.05, 4.69) is 9.31 Å². The van der Waals surface area contributed by atoms with Crippen LogP contribution in [0.5, 0.6) is 0 Å². The molecule has 0 atom stereocenters. The van der Waals surface area contributed by atoms with Crippen LogP contribution >= 0.6 is 0 Å². The van der Waals surface area contributed by atoms with E-state index in [1.54, 1.807) is 0 Å². The van der Waals surface area contributed by atoms with E-state index >= 15 is 0 Å². The molecule has 1 saturated heterocycles. The van der Waals surface area contributed by atoms with E-state index in [1.807, 2.05) is 0 Å². The SMILES string of the molecule is OB1OCC(O)CO1.[NaH]. The van der Waals surface area contributed by atoms with Gasteiger partial charge in [0.2, 0.25) is 0 Å². The molecule has 0 aliphatic carbocycles. The second-order valence-electron chi connectivity index (χ2n) is 1.63. The van der Waals surface area contributed by atoms with Gasteiger partial charge in [0.1, 0.15) is 0 Å². The minimum absolute atomic E-state index is 0. The van der Waals surface area contributed by atoms with E-state index in [0.29, 0.717) is 0 Å². The first-order valence-electron chi connectivity index (χ1n) is 2.38. The van der Waals surface area contributed by atoms with Gasteiger partial charge >= 0.3 is 36.9 Å². The van der Waals surface area contributed by atoms with Crippen LogP contribution in [0.2, 0.25) is 0 Å². The fourth-order valence-corrected chi connectivity index (χ4v) is 0.483. The van der Waals surface area contributed by atoms with Gasteiger partial charge < -0.3 is 19.4 Å². The summed E-state index contributed by atoms with van der Waals surface area (Å²) in [6, 6.07) is 0. The third-order valence-corrected chi connectivity index (χ3v) is 0.862. The molecule has 0 spiro atoms. The first kappa shape index (κ1) is 9.90. The van der Waals surface area contributed by atoms with Crippen molar-refractivity contribution in [2.75, 3.05) is 13.2 Å². The van der Waals surface area contributed by atoms with E-state index in [9.17, 15) is 0 Å². The summed E-state index contributed by atoms with van der Waals surface area (Å²) < 4.78 is 8.95. The molecular weight excluding hydrogens is 134 g/mol. The Morgan fingerprint density at radius 2 is 1.78 bits per heavy atom. The number of hydrogen-bond donors (Lipinski definition) is 2. The zero-order chi connectivity index (χ0) is 5.98. The van der Waals surface area contributed by atoms with Crippen molar-refractivity contribution in [1.29, 1.82) is 0 Å². The summed E-state index contributed by atoms with van der Waals surface area (Å²) in [5.41, 5.74) is 0. The van der Waals surface area contributed by atoms with Crippen LogP contribution in [0.25, 0.3) is 0 Å². The van der Waals surface area contributed by atoms with Gasteiger partial charge in [-0.2, -0.15) is 0 Å². The number of aliphatic hydroxyl groups is 1. The quantitative estimate of drug-likeness (QED) is 0.374. The Kier molecular flexibility index (Phi) is 5.15. The van der Waals surface area contributed by atoms with Crippen LogP contribution in [-0.4, -0.2) is 66.3 Å². The van der Waals surface area contributed by atoms with Crippen molar-refractivity contribution < 1.29 is 19.4 Å². The van der Waals surface area contributed by atoms with Gasteiger partial charge in [-0.3, -0.25) is 0 Å². The molecule has 1 heterocycles. The van der Waals surface area contributed by atoms with Crippen LogP contribution < -0.4 is 0 Å². The van der Waals surface area contributed by atoms with Gasteiger partial charge in [0.25, 0.3) is 0 Å². The van der Waals surface area contributed by atoms with E-state index < -0.39 is 13.4 Å². The Morgan fingerprint density at radius 3 is 2.11 bits per heavy atom. The Hall–Kier alpha value is 0.905. The Labute approximate surface area is 75.6 Å². The molecule has 0 radical (unpaired) electrons. The zero-order valence-electron chi connectivity index (χ0n) is 4.28. The molecule has 2 N–H and O–H groups in total. The number of aliphatic hydroxyl groups excluding tert-OH is 1. The van der Waals surface area contributed by atoms with Gasteiger partial charge in [-0.25, -0.2) is 0 Å². The van der Waals surface area contributed by atoms with Gasteiger partial charge in [0.05, 0.1) is 19.3 Å². The van der Waals surface area contributed by atoms with Crippen molar-refractivity contribution >= 4 is 36.9 Å². The second kappa shape index (κ2) is 4.68. The number of hydrogen-bond acceptors (Lipinski definition) is 4. The Morgan fingerprint density at radius 1 is 1.33 bits per heavy atom. The summed E-state index contributed by atoms with van der Waals surface area (Å²) in [5, 5.41) is 17.1. The maximum atomic E-state index is 8.67. The van der Waals surface area contributed by atoms with Gasteiger partial charge in [0, 0.05) is 0 Å². The van der Waals surface area contributed by atoms with Gasteiger partial charge in [0.15, 0.2) is 0 Å². The molecule has 0 saturated carbocycles. The molecule has 4 nitrogen and oxygen atoms in total. The van der Waals surface area contributed by atoms with Crippen molar-refractivity contribution in [1.82, 2.24) is 0 Å². The second-order valence-corrected chi connectivity index (χ2v) is 1.63. The summed E-state index contributed by atoms with van der Waals surface area (Å²) in [5.74, 6) is 0. The normalized spacial score (nSPS) is 21.3. The van der Waals surface area contributed by atoms with E-state index in [0.717, 1.165) is 0 Å². The standard InChI is InChI=1S/C3H7BO4.Na.H/c5-3-1-7-4(6)8-2-3;;/h3,5-6H,1-2H2;;. The summed E-state index contributed by atoms with van der Waals surface area (Å²) in [6.45, 7) is 0.308. The molecule has 1 aliphatic rings. The predicted molar refractivity (Wildman–Crippen MR) is 33.0 cm³/mol. The van der Waals surface area contributed by atoms with Crippen LogP contribution in [0.4, 0.5) is 0 Å². The van der Waals surface area contributed by atoms with Crippen LogP contribution in [-0.2, 0) is 9.31 Å². The third-order valence-electron chi connectivity index (χ3n) is 0.862. The molecule has 1 fully saturated rings. The monoisotopic (exact) mass is 142 g/mol. The first-order valence-corrected chi connectivity index (χ1v) is 2.38. The molecule has 48 valence electrons. The van der Waals surface area contributed by atoms with Crippen molar-refractivity contribution in [3.05, 3.63) is 0 Å². The van der Waals surface area contributed by atoms with Crippen molar-refractivity contribution in [3.8, 4) is 0 Å². The predicted octanol–water partition coefficient (Wildman–Crippen LogP) is -2.28. The fraction of sp³-hybridized carbons (Fsp3) is 1.00. The molecule has 9 heavy (non-hydrogen) atoms.